The fourth-order valence-corrected chi connectivity index (χ4v) is 2.58. The summed E-state index contributed by atoms with van der Waals surface area (Å²) < 4.78 is 37.9. The number of aromatic nitrogens is 1. The molecule has 3 aromatic rings. The zero-order chi connectivity index (χ0) is 15.0. The third kappa shape index (κ3) is 2.78. The summed E-state index contributed by atoms with van der Waals surface area (Å²) >= 11 is 1.29. The van der Waals surface area contributed by atoms with Crippen molar-refractivity contribution in [3.8, 4) is 0 Å². The van der Waals surface area contributed by atoms with Gasteiger partial charge < -0.3 is 10.3 Å². The highest BCUT2D eigenvalue weighted by Crippen LogP contribution is 2.32. The van der Waals surface area contributed by atoms with Gasteiger partial charge in [0.25, 0.3) is 5.91 Å². The summed E-state index contributed by atoms with van der Waals surface area (Å²) in [6.07, 6.45) is -4.42. The third-order valence-corrected chi connectivity index (χ3v) is 3.80. The smallest absolute Gasteiger partial charge is 0.351 e. The SMILES string of the molecule is O=C(Nc1ccc2[nH]c(C(F)(F)F)cc2c1)c1cccs1. The zero-order valence-corrected chi connectivity index (χ0v) is 11.3. The van der Waals surface area contributed by atoms with Gasteiger partial charge in [-0.25, -0.2) is 0 Å². The largest absolute Gasteiger partial charge is 0.431 e. The van der Waals surface area contributed by atoms with Crippen LogP contribution in [-0.4, -0.2) is 10.9 Å². The van der Waals surface area contributed by atoms with Gasteiger partial charge in [0.1, 0.15) is 5.69 Å². The quantitative estimate of drug-likeness (QED) is 0.719. The van der Waals surface area contributed by atoms with Crippen molar-refractivity contribution in [3.05, 3.63) is 52.3 Å². The second-order valence-corrected chi connectivity index (χ2v) is 5.36. The van der Waals surface area contributed by atoms with Crippen LogP contribution in [-0.2, 0) is 6.18 Å². The summed E-state index contributed by atoms with van der Waals surface area (Å²) in [5.41, 5.74) is 0.0179. The number of carbonyl (C=O) groups is 1. The van der Waals surface area contributed by atoms with Crippen molar-refractivity contribution in [2.75, 3.05) is 5.32 Å². The maximum Gasteiger partial charge on any atom is 0.431 e. The van der Waals surface area contributed by atoms with Crippen LogP contribution < -0.4 is 5.32 Å². The first-order valence-corrected chi connectivity index (χ1v) is 6.86. The van der Waals surface area contributed by atoms with Crippen LogP contribution in [0.1, 0.15) is 15.4 Å². The standard InChI is InChI=1S/C14H9F3N2OS/c15-14(16,17)12-7-8-6-9(3-4-10(8)19-12)18-13(20)11-2-1-5-21-11/h1-7,19H,(H,18,20). The molecule has 2 heterocycles. The molecule has 0 bridgehead atoms. The Labute approximate surface area is 121 Å². The van der Waals surface area contributed by atoms with E-state index in [0.29, 0.717) is 21.5 Å². The number of fused-ring (bicyclic) bond motifs is 1. The van der Waals surface area contributed by atoms with Crippen LogP contribution in [0.4, 0.5) is 18.9 Å². The Bertz CT molecular complexity index is 790. The molecule has 21 heavy (non-hydrogen) atoms. The number of thiophene rings is 1. The number of anilines is 1. The lowest BCUT2D eigenvalue weighted by Crippen LogP contribution is -2.09. The van der Waals surface area contributed by atoms with E-state index in [1.54, 1.807) is 23.6 Å². The minimum atomic E-state index is -4.42. The molecule has 0 aliphatic rings. The molecule has 0 fully saturated rings. The second kappa shape index (κ2) is 4.92. The summed E-state index contributed by atoms with van der Waals surface area (Å²) in [6, 6.07) is 9.03. The van der Waals surface area contributed by atoms with Gasteiger partial charge in [-0.15, -0.1) is 11.3 Å². The van der Waals surface area contributed by atoms with Crippen LogP contribution in [0.3, 0.4) is 0 Å². The van der Waals surface area contributed by atoms with Gasteiger partial charge in [0.05, 0.1) is 4.88 Å². The Morgan fingerprint density at radius 3 is 2.67 bits per heavy atom. The molecule has 3 nitrogen and oxygen atoms in total. The summed E-state index contributed by atoms with van der Waals surface area (Å²) in [4.78, 5) is 14.7. The van der Waals surface area contributed by atoms with Gasteiger partial charge in [0, 0.05) is 16.6 Å². The number of nitrogens with one attached hydrogen (secondary N) is 2. The summed E-state index contributed by atoms with van der Waals surface area (Å²) in [6.45, 7) is 0. The monoisotopic (exact) mass is 310 g/mol. The predicted octanol–water partition coefficient (Wildman–Crippen LogP) is 4.50. The van der Waals surface area contributed by atoms with Gasteiger partial charge in [-0.05, 0) is 35.7 Å². The molecule has 0 saturated heterocycles. The van der Waals surface area contributed by atoms with Crippen LogP contribution in [0.2, 0.25) is 0 Å². The van der Waals surface area contributed by atoms with Gasteiger partial charge in [0.2, 0.25) is 0 Å². The fourth-order valence-electron chi connectivity index (χ4n) is 1.96. The zero-order valence-electron chi connectivity index (χ0n) is 10.5. The minimum Gasteiger partial charge on any atom is -0.351 e. The Balaban J connectivity index is 1.89. The van der Waals surface area contributed by atoms with Crippen molar-refractivity contribution in [3.63, 3.8) is 0 Å². The Morgan fingerprint density at radius 1 is 1.19 bits per heavy atom. The molecule has 0 radical (unpaired) electrons. The van der Waals surface area contributed by atoms with E-state index in [1.165, 1.54) is 23.5 Å². The molecule has 2 aromatic heterocycles. The molecule has 0 aliphatic heterocycles. The maximum atomic E-state index is 12.6. The van der Waals surface area contributed by atoms with E-state index < -0.39 is 11.9 Å². The van der Waals surface area contributed by atoms with E-state index >= 15 is 0 Å². The number of halogens is 3. The van der Waals surface area contributed by atoms with Crippen molar-refractivity contribution in [2.45, 2.75) is 6.18 Å². The van der Waals surface area contributed by atoms with E-state index in [0.717, 1.165) is 6.07 Å². The summed E-state index contributed by atoms with van der Waals surface area (Å²) in [5.74, 6) is -0.282. The molecule has 0 atom stereocenters. The molecule has 1 amide bonds. The lowest BCUT2D eigenvalue weighted by atomic mass is 10.2. The number of amides is 1. The van der Waals surface area contributed by atoms with Crippen molar-refractivity contribution < 1.29 is 18.0 Å². The molecule has 0 aliphatic carbocycles. The first kappa shape index (κ1) is 13.7. The van der Waals surface area contributed by atoms with Crippen LogP contribution in [0, 0.1) is 0 Å². The number of benzene rings is 1. The topological polar surface area (TPSA) is 44.9 Å². The molecule has 2 N–H and O–H groups in total. The Hall–Kier alpha value is -2.28. The first-order valence-electron chi connectivity index (χ1n) is 5.98. The first-order chi connectivity index (χ1) is 9.93. The van der Waals surface area contributed by atoms with Crippen molar-refractivity contribution in [1.82, 2.24) is 4.98 Å². The molecule has 3 rings (SSSR count). The van der Waals surface area contributed by atoms with Gasteiger partial charge in [0.15, 0.2) is 0 Å². The third-order valence-electron chi connectivity index (χ3n) is 2.93. The minimum absolute atomic E-state index is 0.282. The molecule has 1 aromatic carbocycles. The normalized spacial score (nSPS) is 11.8. The molecular formula is C14H9F3N2OS. The number of hydrogen-bond donors (Lipinski definition) is 2. The lowest BCUT2D eigenvalue weighted by molar-refractivity contribution is -0.140. The highest BCUT2D eigenvalue weighted by molar-refractivity contribution is 7.12. The van der Waals surface area contributed by atoms with Gasteiger partial charge >= 0.3 is 6.18 Å². The highest BCUT2D eigenvalue weighted by atomic mass is 32.1. The highest BCUT2D eigenvalue weighted by Gasteiger charge is 2.32. The fraction of sp³-hybridized carbons (Fsp3) is 0.0714. The summed E-state index contributed by atoms with van der Waals surface area (Å²) in [5, 5.41) is 4.83. The number of alkyl halides is 3. The van der Waals surface area contributed by atoms with E-state index in [-0.39, 0.29) is 5.91 Å². The molecule has 0 saturated carbocycles. The van der Waals surface area contributed by atoms with Crippen molar-refractivity contribution in [1.29, 1.82) is 0 Å². The number of aromatic amines is 1. The maximum absolute atomic E-state index is 12.6. The van der Waals surface area contributed by atoms with E-state index in [1.807, 2.05) is 0 Å². The molecule has 108 valence electrons. The number of hydrogen-bond acceptors (Lipinski definition) is 2. The van der Waals surface area contributed by atoms with Crippen LogP contribution in [0.5, 0.6) is 0 Å². The number of rotatable bonds is 2. The van der Waals surface area contributed by atoms with Crippen molar-refractivity contribution in [2.24, 2.45) is 0 Å². The average Bonchev–Trinajstić information content (AvgIpc) is 3.06. The average molecular weight is 310 g/mol. The van der Waals surface area contributed by atoms with Crippen LogP contribution in [0.25, 0.3) is 10.9 Å². The second-order valence-electron chi connectivity index (χ2n) is 4.41. The predicted molar refractivity (Wildman–Crippen MR) is 75.6 cm³/mol. The van der Waals surface area contributed by atoms with Crippen LogP contribution >= 0.6 is 11.3 Å². The molecular weight excluding hydrogens is 301 g/mol. The lowest BCUT2D eigenvalue weighted by Gasteiger charge is -2.03. The van der Waals surface area contributed by atoms with Gasteiger partial charge in [-0.2, -0.15) is 13.2 Å². The van der Waals surface area contributed by atoms with Gasteiger partial charge in [-0.1, -0.05) is 6.07 Å². The molecule has 7 heteroatoms. The molecule has 0 spiro atoms. The van der Waals surface area contributed by atoms with Crippen molar-refractivity contribution >= 4 is 33.8 Å². The van der Waals surface area contributed by atoms with Crippen LogP contribution in [0.15, 0.2) is 41.8 Å². The van der Waals surface area contributed by atoms with E-state index in [9.17, 15) is 18.0 Å². The number of carbonyl (C=O) groups excluding carboxylic acids is 1. The van der Waals surface area contributed by atoms with Gasteiger partial charge in [-0.3, -0.25) is 4.79 Å². The summed E-state index contributed by atoms with van der Waals surface area (Å²) in [7, 11) is 0. The number of H-pyrrole nitrogens is 1. The van der Waals surface area contributed by atoms with E-state index in [4.69, 9.17) is 0 Å². The molecule has 0 unspecified atom stereocenters. The Morgan fingerprint density at radius 2 is 2.00 bits per heavy atom. The Kier molecular flexibility index (Phi) is 3.21. The van der Waals surface area contributed by atoms with E-state index in [2.05, 4.69) is 10.3 Å².